The number of amides is 1. The van der Waals surface area contributed by atoms with Crippen LogP contribution in [0, 0.1) is 0 Å². The first-order valence-electron chi connectivity index (χ1n) is 8.10. The zero-order chi connectivity index (χ0) is 17.3. The molecule has 1 aliphatic heterocycles. The van der Waals surface area contributed by atoms with E-state index in [1.165, 1.54) is 11.8 Å². The van der Waals surface area contributed by atoms with E-state index >= 15 is 0 Å². The van der Waals surface area contributed by atoms with Crippen molar-refractivity contribution >= 4 is 40.2 Å². The molecule has 1 aromatic carbocycles. The van der Waals surface area contributed by atoms with Crippen molar-refractivity contribution < 1.29 is 4.79 Å². The van der Waals surface area contributed by atoms with Gasteiger partial charge in [0.15, 0.2) is 5.16 Å². The van der Waals surface area contributed by atoms with Crippen LogP contribution >= 0.6 is 23.4 Å². The molecule has 3 rings (SSSR count). The standard InChI is InChI=1S/C17H20ClN3O2S/c1-11(2)21-16(23)13-6-5-12(18)9-14(13)19-17(21)24-10-15(22)20-7-3-4-8-20/h5-6,9,11H,3-4,7-8,10H2,1-2H3. The molecule has 5 nitrogen and oxygen atoms in total. The lowest BCUT2D eigenvalue weighted by molar-refractivity contribution is -0.127. The molecule has 1 aliphatic rings. The lowest BCUT2D eigenvalue weighted by Crippen LogP contribution is -2.30. The fourth-order valence-corrected chi connectivity index (χ4v) is 4.09. The van der Waals surface area contributed by atoms with Crippen LogP contribution in [0.1, 0.15) is 32.7 Å². The monoisotopic (exact) mass is 365 g/mol. The van der Waals surface area contributed by atoms with E-state index in [0.29, 0.717) is 26.8 Å². The van der Waals surface area contributed by atoms with Crippen LogP contribution in [0.25, 0.3) is 10.9 Å². The van der Waals surface area contributed by atoms with Crippen LogP contribution < -0.4 is 5.56 Å². The molecule has 0 saturated carbocycles. The lowest BCUT2D eigenvalue weighted by atomic mass is 10.2. The van der Waals surface area contributed by atoms with Gasteiger partial charge in [0.25, 0.3) is 5.56 Å². The average molecular weight is 366 g/mol. The Morgan fingerprint density at radius 2 is 2.04 bits per heavy atom. The molecule has 7 heteroatoms. The average Bonchev–Trinajstić information content (AvgIpc) is 3.06. The van der Waals surface area contributed by atoms with Crippen LogP contribution in [0.3, 0.4) is 0 Å². The van der Waals surface area contributed by atoms with Gasteiger partial charge < -0.3 is 4.90 Å². The molecule has 24 heavy (non-hydrogen) atoms. The van der Waals surface area contributed by atoms with Crippen molar-refractivity contribution in [2.45, 2.75) is 37.9 Å². The number of aromatic nitrogens is 2. The molecule has 1 aromatic heterocycles. The molecule has 0 aliphatic carbocycles. The number of carbonyl (C=O) groups excluding carboxylic acids is 1. The van der Waals surface area contributed by atoms with Crippen LogP contribution in [0.2, 0.25) is 5.02 Å². The van der Waals surface area contributed by atoms with Gasteiger partial charge in [-0.2, -0.15) is 0 Å². The summed E-state index contributed by atoms with van der Waals surface area (Å²) in [6, 6.07) is 5.06. The zero-order valence-corrected chi connectivity index (χ0v) is 15.4. The number of halogens is 1. The van der Waals surface area contributed by atoms with Gasteiger partial charge in [0.05, 0.1) is 16.7 Å². The molecule has 128 valence electrons. The second kappa shape index (κ2) is 7.15. The van der Waals surface area contributed by atoms with Crippen LogP contribution in [0.4, 0.5) is 0 Å². The normalized spacial score (nSPS) is 14.8. The Hall–Kier alpha value is -1.53. The predicted octanol–water partition coefficient (Wildman–Crippen LogP) is 3.35. The van der Waals surface area contributed by atoms with Crippen LogP contribution in [0.15, 0.2) is 28.2 Å². The van der Waals surface area contributed by atoms with Crippen LogP contribution in [-0.4, -0.2) is 39.2 Å². The molecule has 1 saturated heterocycles. The Morgan fingerprint density at radius 3 is 2.71 bits per heavy atom. The quantitative estimate of drug-likeness (QED) is 0.616. The summed E-state index contributed by atoms with van der Waals surface area (Å²) in [6.45, 7) is 5.54. The van der Waals surface area contributed by atoms with Gasteiger partial charge in [-0.1, -0.05) is 23.4 Å². The lowest BCUT2D eigenvalue weighted by Gasteiger charge is -2.18. The van der Waals surface area contributed by atoms with E-state index in [0.717, 1.165) is 25.9 Å². The molecule has 0 spiro atoms. The van der Waals surface area contributed by atoms with Crippen molar-refractivity contribution in [1.82, 2.24) is 14.5 Å². The van der Waals surface area contributed by atoms with Crippen molar-refractivity contribution in [3.05, 3.63) is 33.6 Å². The molecule has 0 N–H and O–H groups in total. The van der Waals surface area contributed by atoms with Crippen LogP contribution in [-0.2, 0) is 4.79 Å². The van der Waals surface area contributed by atoms with Crippen molar-refractivity contribution in [2.75, 3.05) is 18.8 Å². The summed E-state index contributed by atoms with van der Waals surface area (Å²) in [5.41, 5.74) is 0.475. The number of thioether (sulfide) groups is 1. The number of rotatable bonds is 4. The summed E-state index contributed by atoms with van der Waals surface area (Å²) in [7, 11) is 0. The highest BCUT2D eigenvalue weighted by molar-refractivity contribution is 7.99. The third kappa shape index (κ3) is 3.44. The SMILES string of the molecule is CC(C)n1c(SCC(=O)N2CCCC2)nc2cc(Cl)ccc2c1=O. The fourth-order valence-electron chi connectivity index (χ4n) is 2.89. The first-order chi connectivity index (χ1) is 11.5. The zero-order valence-electron chi connectivity index (χ0n) is 13.8. The molecular formula is C17H20ClN3O2S. The minimum absolute atomic E-state index is 0.0329. The van der Waals surface area contributed by atoms with Crippen LogP contribution in [0.5, 0.6) is 0 Å². The molecule has 0 atom stereocenters. The number of hydrogen-bond donors (Lipinski definition) is 0. The summed E-state index contributed by atoms with van der Waals surface area (Å²) >= 11 is 7.35. The first-order valence-corrected chi connectivity index (χ1v) is 9.46. The molecule has 2 aromatic rings. The van der Waals surface area contributed by atoms with E-state index in [-0.39, 0.29) is 17.5 Å². The first kappa shape index (κ1) is 17.3. The largest absolute Gasteiger partial charge is 0.342 e. The third-order valence-electron chi connectivity index (χ3n) is 4.13. The number of fused-ring (bicyclic) bond motifs is 1. The number of hydrogen-bond acceptors (Lipinski definition) is 4. The van der Waals surface area contributed by atoms with Gasteiger partial charge in [0, 0.05) is 24.2 Å². The number of nitrogens with zero attached hydrogens (tertiary/aromatic N) is 3. The summed E-state index contributed by atoms with van der Waals surface area (Å²) in [5, 5.41) is 1.65. The summed E-state index contributed by atoms with van der Waals surface area (Å²) in [4.78, 5) is 31.5. The topological polar surface area (TPSA) is 55.2 Å². The molecular weight excluding hydrogens is 346 g/mol. The third-order valence-corrected chi connectivity index (χ3v) is 5.30. The molecule has 1 fully saturated rings. The van der Waals surface area contributed by atoms with Gasteiger partial charge >= 0.3 is 0 Å². The Bertz CT molecular complexity index is 828. The molecule has 2 heterocycles. The second-order valence-electron chi connectivity index (χ2n) is 6.20. The highest BCUT2D eigenvalue weighted by atomic mass is 35.5. The highest BCUT2D eigenvalue weighted by Crippen LogP contribution is 2.23. The van der Waals surface area contributed by atoms with E-state index < -0.39 is 0 Å². The van der Waals surface area contributed by atoms with Gasteiger partial charge in [0.1, 0.15) is 0 Å². The fraction of sp³-hybridized carbons (Fsp3) is 0.471. The van der Waals surface area contributed by atoms with Gasteiger partial charge in [-0.05, 0) is 44.9 Å². The van der Waals surface area contributed by atoms with Gasteiger partial charge in [-0.3, -0.25) is 14.2 Å². The number of carbonyl (C=O) groups is 1. The highest BCUT2D eigenvalue weighted by Gasteiger charge is 2.20. The summed E-state index contributed by atoms with van der Waals surface area (Å²) < 4.78 is 1.65. The van der Waals surface area contributed by atoms with Crippen molar-refractivity contribution in [3.8, 4) is 0 Å². The maximum atomic E-state index is 12.8. The molecule has 0 bridgehead atoms. The molecule has 0 radical (unpaired) electrons. The maximum Gasteiger partial charge on any atom is 0.262 e. The Morgan fingerprint density at radius 1 is 1.33 bits per heavy atom. The van der Waals surface area contributed by atoms with E-state index in [1.807, 2.05) is 18.7 Å². The van der Waals surface area contributed by atoms with Gasteiger partial charge in [-0.25, -0.2) is 4.98 Å². The Balaban J connectivity index is 1.94. The van der Waals surface area contributed by atoms with E-state index in [2.05, 4.69) is 4.98 Å². The summed E-state index contributed by atoms with van der Waals surface area (Å²) in [5.74, 6) is 0.402. The Labute approximate surface area is 150 Å². The summed E-state index contributed by atoms with van der Waals surface area (Å²) in [6.07, 6.45) is 2.14. The van der Waals surface area contributed by atoms with E-state index in [9.17, 15) is 9.59 Å². The molecule has 1 amide bonds. The van der Waals surface area contributed by atoms with Gasteiger partial charge in [0.2, 0.25) is 5.91 Å². The minimum Gasteiger partial charge on any atom is -0.342 e. The minimum atomic E-state index is -0.0946. The Kier molecular flexibility index (Phi) is 5.15. The van der Waals surface area contributed by atoms with Crippen molar-refractivity contribution in [1.29, 1.82) is 0 Å². The molecule has 0 unspecified atom stereocenters. The van der Waals surface area contributed by atoms with Gasteiger partial charge in [-0.15, -0.1) is 0 Å². The van der Waals surface area contributed by atoms with E-state index in [1.54, 1.807) is 22.8 Å². The number of benzene rings is 1. The second-order valence-corrected chi connectivity index (χ2v) is 7.58. The number of likely N-dealkylation sites (tertiary alicyclic amines) is 1. The van der Waals surface area contributed by atoms with Crippen molar-refractivity contribution in [3.63, 3.8) is 0 Å². The smallest absolute Gasteiger partial charge is 0.262 e. The maximum absolute atomic E-state index is 12.8. The van der Waals surface area contributed by atoms with Crippen molar-refractivity contribution in [2.24, 2.45) is 0 Å². The predicted molar refractivity (Wildman–Crippen MR) is 97.9 cm³/mol. The van der Waals surface area contributed by atoms with E-state index in [4.69, 9.17) is 11.6 Å².